The standard InChI is InChI=1S/C12H24N2O2/c1-10(2)16-6-4-3-5-14-12(15)7-11-8-13-9-11/h10-11,13H,3-9H2,1-2H3,(H,14,15). The van der Waals surface area contributed by atoms with Crippen LogP contribution in [0.1, 0.15) is 33.1 Å². The molecule has 0 aliphatic carbocycles. The zero-order valence-corrected chi connectivity index (χ0v) is 10.4. The third-order valence-corrected chi connectivity index (χ3v) is 2.68. The fourth-order valence-electron chi connectivity index (χ4n) is 1.60. The smallest absolute Gasteiger partial charge is 0.220 e. The molecule has 0 aromatic rings. The summed E-state index contributed by atoms with van der Waals surface area (Å²) in [7, 11) is 0. The molecule has 1 amide bonds. The van der Waals surface area contributed by atoms with Gasteiger partial charge in [-0.25, -0.2) is 0 Å². The summed E-state index contributed by atoms with van der Waals surface area (Å²) in [6.07, 6.45) is 3.00. The van der Waals surface area contributed by atoms with Crippen LogP contribution in [0.4, 0.5) is 0 Å². The van der Waals surface area contributed by atoms with E-state index in [4.69, 9.17) is 4.74 Å². The molecule has 0 bridgehead atoms. The van der Waals surface area contributed by atoms with Gasteiger partial charge in [0.2, 0.25) is 5.91 Å². The Bertz CT molecular complexity index is 203. The molecule has 1 heterocycles. The van der Waals surface area contributed by atoms with Crippen molar-refractivity contribution in [2.45, 2.75) is 39.2 Å². The van der Waals surface area contributed by atoms with E-state index in [9.17, 15) is 4.79 Å². The maximum Gasteiger partial charge on any atom is 0.220 e. The minimum atomic E-state index is 0.191. The van der Waals surface area contributed by atoms with Gasteiger partial charge >= 0.3 is 0 Å². The van der Waals surface area contributed by atoms with Gasteiger partial charge in [-0.1, -0.05) is 0 Å². The van der Waals surface area contributed by atoms with Crippen molar-refractivity contribution in [3.05, 3.63) is 0 Å². The Balaban J connectivity index is 1.84. The lowest BCUT2D eigenvalue weighted by Crippen LogP contribution is -2.44. The molecule has 1 aliphatic heterocycles. The van der Waals surface area contributed by atoms with Crippen LogP contribution in [-0.2, 0) is 9.53 Å². The molecule has 0 unspecified atom stereocenters. The van der Waals surface area contributed by atoms with E-state index in [-0.39, 0.29) is 5.91 Å². The number of carbonyl (C=O) groups is 1. The minimum absolute atomic E-state index is 0.191. The third kappa shape index (κ3) is 6.08. The van der Waals surface area contributed by atoms with Crippen LogP contribution < -0.4 is 10.6 Å². The lowest BCUT2D eigenvalue weighted by atomic mass is 9.99. The van der Waals surface area contributed by atoms with Crippen LogP contribution in [0.2, 0.25) is 0 Å². The predicted molar refractivity (Wildman–Crippen MR) is 64.3 cm³/mol. The second-order valence-corrected chi connectivity index (χ2v) is 4.71. The van der Waals surface area contributed by atoms with Crippen LogP contribution in [0.3, 0.4) is 0 Å². The molecule has 4 heteroatoms. The van der Waals surface area contributed by atoms with Crippen molar-refractivity contribution in [2.75, 3.05) is 26.2 Å². The van der Waals surface area contributed by atoms with E-state index < -0.39 is 0 Å². The number of ether oxygens (including phenoxy) is 1. The van der Waals surface area contributed by atoms with Crippen LogP contribution in [0.5, 0.6) is 0 Å². The Hall–Kier alpha value is -0.610. The monoisotopic (exact) mass is 228 g/mol. The molecule has 0 atom stereocenters. The topological polar surface area (TPSA) is 50.4 Å². The molecule has 0 aromatic carbocycles. The molecule has 1 fully saturated rings. The second kappa shape index (κ2) is 7.63. The highest BCUT2D eigenvalue weighted by Gasteiger charge is 2.19. The molecule has 1 saturated heterocycles. The Kier molecular flexibility index (Phi) is 6.42. The van der Waals surface area contributed by atoms with Crippen molar-refractivity contribution in [1.82, 2.24) is 10.6 Å². The van der Waals surface area contributed by atoms with Gasteiger partial charge < -0.3 is 15.4 Å². The van der Waals surface area contributed by atoms with E-state index in [2.05, 4.69) is 10.6 Å². The zero-order valence-electron chi connectivity index (χ0n) is 10.4. The molecule has 0 radical (unpaired) electrons. The molecule has 0 aromatic heterocycles. The highest BCUT2D eigenvalue weighted by atomic mass is 16.5. The van der Waals surface area contributed by atoms with Gasteiger partial charge in [0.15, 0.2) is 0 Å². The highest BCUT2D eigenvalue weighted by molar-refractivity contribution is 5.76. The first-order chi connectivity index (χ1) is 7.68. The number of hydrogen-bond acceptors (Lipinski definition) is 3. The van der Waals surface area contributed by atoms with Crippen molar-refractivity contribution in [3.8, 4) is 0 Å². The van der Waals surface area contributed by atoms with Crippen LogP contribution >= 0.6 is 0 Å². The normalized spacial score (nSPS) is 16.2. The van der Waals surface area contributed by atoms with E-state index in [0.717, 1.165) is 39.1 Å². The Morgan fingerprint density at radius 3 is 2.75 bits per heavy atom. The van der Waals surface area contributed by atoms with Gasteiger partial charge in [0, 0.05) is 19.6 Å². The first kappa shape index (κ1) is 13.5. The maximum absolute atomic E-state index is 11.4. The SMILES string of the molecule is CC(C)OCCCCNC(=O)CC1CNC1. The molecule has 2 N–H and O–H groups in total. The lowest BCUT2D eigenvalue weighted by molar-refractivity contribution is -0.122. The van der Waals surface area contributed by atoms with Gasteiger partial charge in [0.05, 0.1) is 6.10 Å². The Morgan fingerprint density at radius 2 is 2.19 bits per heavy atom. The number of unbranched alkanes of at least 4 members (excludes halogenated alkanes) is 1. The summed E-state index contributed by atoms with van der Waals surface area (Å²) in [4.78, 5) is 11.4. The maximum atomic E-state index is 11.4. The average Bonchev–Trinajstić information content (AvgIpc) is 2.17. The highest BCUT2D eigenvalue weighted by Crippen LogP contribution is 2.07. The summed E-state index contributed by atoms with van der Waals surface area (Å²) in [5, 5.41) is 6.11. The summed E-state index contributed by atoms with van der Waals surface area (Å²) < 4.78 is 5.42. The zero-order chi connectivity index (χ0) is 11.8. The molecule has 0 spiro atoms. The Morgan fingerprint density at radius 1 is 1.44 bits per heavy atom. The van der Waals surface area contributed by atoms with Gasteiger partial charge in [-0.15, -0.1) is 0 Å². The third-order valence-electron chi connectivity index (χ3n) is 2.68. The minimum Gasteiger partial charge on any atom is -0.379 e. The summed E-state index contributed by atoms with van der Waals surface area (Å²) in [5.74, 6) is 0.751. The Labute approximate surface area is 98.1 Å². The van der Waals surface area contributed by atoms with Gasteiger partial charge in [-0.3, -0.25) is 4.79 Å². The van der Waals surface area contributed by atoms with Crippen LogP contribution in [0.15, 0.2) is 0 Å². The van der Waals surface area contributed by atoms with Gasteiger partial charge in [-0.05, 0) is 45.7 Å². The molecule has 4 nitrogen and oxygen atoms in total. The summed E-state index contributed by atoms with van der Waals surface area (Å²) in [6, 6.07) is 0. The average molecular weight is 228 g/mol. The largest absolute Gasteiger partial charge is 0.379 e. The molecular formula is C12H24N2O2. The quantitative estimate of drug-likeness (QED) is 0.607. The fraction of sp³-hybridized carbons (Fsp3) is 0.917. The predicted octanol–water partition coefficient (Wildman–Crippen LogP) is 0.917. The number of nitrogens with one attached hydrogen (secondary N) is 2. The van der Waals surface area contributed by atoms with Crippen LogP contribution in [0.25, 0.3) is 0 Å². The van der Waals surface area contributed by atoms with Crippen molar-refractivity contribution in [3.63, 3.8) is 0 Å². The molecule has 1 aliphatic rings. The summed E-state index contributed by atoms with van der Waals surface area (Å²) >= 11 is 0. The molecule has 1 rings (SSSR count). The van der Waals surface area contributed by atoms with Crippen molar-refractivity contribution in [2.24, 2.45) is 5.92 Å². The van der Waals surface area contributed by atoms with Gasteiger partial charge in [0.25, 0.3) is 0 Å². The van der Waals surface area contributed by atoms with E-state index >= 15 is 0 Å². The van der Waals surface area contributed by atoms with Crippen molar-refractivity contribution >= 4 is 5.91 Å². The number of hydrogen-bond donors (Lipinski definition) is 2. The van der Waals surface area contributed by atoms with Crippen LogP contribution in [0, 0.1) is 5.92 Å². The van der Waals surface area contributed by atoms with Crippen LogP contribution in [-0.4, -0.2) is 38.3 Å². The van der Waals surface area contributed by atoms with Crippen molar-refractivity contribution in [1.29, 1.82) is 0 Å². The van der Waals surface area contributed by atoms with E-state index in [0.29, 0.717) is 18.4 Å². The first-order valence-corrected chi connectivity index (χ1v) is 6.27. The first-order valence-electron chi connectivity index (χ1n) is 6.27. The lowest BCUT2D eigenvalue weighted by Gasteiger charge is -2.26. The second-order valence-electron chi connectivity index (χ2n) is 4.71. The van der Waals surface area contributed by atoms with E-state index in [1.54, 1.807) is 0 Å². The van der Waals surface area contributed by atoms with Gasteiger partial charge in [-0.2, -0.15) is 0 Å². The summed E-state index contributed by atoms with van der Waals surface area (Å²) in [6.45, 7) is 7.63. The summed E-state index contributed by atoms with van der Waals surface area (Å²) in [5.41, 5.74) is 0. The van der Waals surface area contributed by atoms with E-state index in [1.165, 1.54) is 0 Å². The molecule has 0 saturated carbocycles. The molecule has 16 heavy (non-hydrogen) atoms. The van der Waals surface area contributed by atoms with Crippen molar-refractivity contribution < 1.29 is 9.53 Å². The van der Waals surface area contributed by atoms with E-state index in [1.807, 2.05) is 13.8 Å². The van der Waals surface area contributed by atoms with Gasteiger partial charge in [0.1, 0.15) is 0 Å². The fourth-order valence-corrected chi connectivity index (χ4v) is 1.60. The molecular weight excluding hydrogens is 204 g/mol. The molecule has 94 valence electrons. The number of carbonyl (C=O) groups excluding carboxylic acids is 1. The number of rotatable bonds is 8. The number of amides is 1.